The van der Waals surface area contributed by atoms with E-state index in [1.807, 2.05) is 49.1 Å². The molecule has 1 amide bonds. The molecule has 2 heteroatoms. The van der Waals surface area contributed by atoms with Crippen molar-refractivity contribution < 1.29 is 4.79 Å². The van der Waals surface area contributed by atoms with E-state index >= 15 is 0 Å². The van der Waals surface area contributed by atoms with Gasteiger partial charge in [0.2, 0.25) is 5.91 Å². The lowest BCUT2D eigenvalue weighted by Crippen LogP contribution is -2.37. The van der Waals surface area contributed by atoms with Crippen LogP contribution in [0.2, 0.25) is 0 Å². The van der Waals surface area contributed by atoms with Gasteiger partial charge in [0.15, 0.2) is 0 Å². The fraction of sp³-hybridized carbons (Fsp3) is 0.500. The summed E-state index contributed by atoms with van der Waals surface area (Å²) in [5, 5.41) is 0. The van der Waals surface area contributed by atoms with Gasteiger partial charge in [0.1, 0.15) is 0 Å². The first-order chi connectivity index (χ1) is 9.62. The quantitative estimate of drug-likeness (QED) is 0.692. The molecule has 2 nitrogen and oxygen atoms in total. The molecule has 2 atom stereocenters. The Morgan fingerprint density at radius 3 is 2.40 bits per heavy atom. The van der Waals surface area contributed by atoms with Crippen LogP contribution in [-0.2, 0) is 11.3 Å². The highest BCUT2D eigenvalue weighted by Gasteiger charge is 2.21. The van der Waals surface area contributed by atoms with Crippen molar-refractivity contribution in [1.82, 2.24) is 4.90 Å². The molecule has 0 aliphatic carbocycles. The summed E-state index contributed by atoms with van der Waals surface area (Å²) in [6.07, 6.45) is 7.30. The van der Waals surface area contributed by atoms with Crippen LogP contribution in [0, 0.1) is 24.2 Å². The summed E-state index contributed by atoms with van der Waals surface area (Å²) in [7, 11) is 0. The second-order valence-electron chi connectivity index (χ2n) is 5.29. The second kappa shape index (κ2) is 8.43. The van der Waals surface area contributed by atoms with Crippen molar-refractivity contribution in [2.24, 2.45) is 11.8 Å². The Balaban J connectivity index is 2.84. The van der Waals surface area contributed by atoms with E-state index in [1.165, 1.54) is 0 Å². The lowest BCUT2D eigenvalue weighted by Gasteiger charge is -2.27. The third kappa shape index (κ3) is 4.74. The van der Waals surface area contributed by atoms with Gasteiger partial charge in [-0.2, -0.15) is 0 Å². The standard InChI is InChI=1S/C18H25NO/c1-5-15(4)18(20)19(13-16(6-2)7-3)14-17-11-9-8-10-12-17/h2,8-12,15-16H,5,7,13-14H2,1,3-4H3/t15-,16-/m0/s1. The number of benzene rings is 1. The number of amides is 1. The fourth-order valence-electron chi connectivity index (χ4n) is 2.09. The SMILES string of the molecule is C#C[C@@H](CC)CN(Cc1ccccc1)C(=O)[C@@H](C)CC. The normalized spacial score (nSPS) is 13.3. The van der Waals surface area contributed by atoms with Crippen LogP contribution < -0.4 is 0 Å². The maximum absolute atomic E-state index is 12.5. The minimum atomic E-state index is 0.0500. The second-order valence-corrected chi connectivity index (χ2v) is 5.29. The molecule has 20 heavy (non-hydrogen) atoms. The number of carbonyl (C=O) groups is 1. The van der Waals surface area contributed by atoms with E-state index in [0.717, 1.165) is 18.4 Å². The van der Waals surface area contributed by atoms with Gasteiger partial charge in [-0.1, -0.05) is 51.1 Å². The average molecular weight is 271 g/mol. The molecule has 0 fully saturated rings. The summed E-state index contributed by atoms with van der Waals surface area (Å²) in [5.41, 5.74) is 1.15. The van der Waals surface area contributed by atoms with E-state index in [4.69, 9.17) is 6.42 Å². The summed E-state index contributed by atoms with van der Waals surface area (Å²) in [6, 6.07) is 10.1. The Hall–Kier alpha value is -1.75. The molecule has 0 aliphatic rings. The highest BCUT2D eigenvalue weighted by molar-refractivity contribution is 5.78. The van der Waals surface area contributed by atoms with Crippen molar-refractivity contribution in [3.63, 3.8) is 0 Å². The molecule has 0 unspecified atom stereocenters. The summed E-state index contributed by atoms with van der Waals surface area (Å²) in [6.45, 7) is 7.38. The number of nitrogens with zero attached hydrogens (tertiary/aromatic N) is 1. The van der Waals surface area contributed by atoms with E-state index in [2.05, 4.69) is 12.8 Å². The van der Waals surface area contributed by atoms with Gasteiger partial charge in [-0.25, -0.2) is 0 Å². The Morgan fingerprint density at radius 1 is 1.25 bits per heavy atom. The Morgan fingerprint density at radius 2 is 1.90 bits per heavy atom. The van der Waals surface area contributed by atoms with Crippen LogP contribution in [0.1, 0.15) is 39.2 Å². The topological polar surface area (TPSA) is 20.3 Å². The first-order valence-electron chi connectivity index (χ1n) is 7.41. The maximum Gasteiger partial charge on any atom is 0.225 e. The molecule has 0 N–H and O–H groups in total. The maximum atomic E-state index is 12.5. The predicted molar refractivity (Wildman–Crippen MR) is 83.9 cm³/mol. The zero-order valence-electron chi connectivity index (χ0n) is 12.8. The largest absolute Gasteiger partial charge is 0.337 e. The molecule has 1 aromatic carbocycles. The van der Waals surface area contributed by atoms with Crippen molar-refractivity contribution >= 4 is 5.91 Å². The van der Waals surface area contributed by atoms with Crippen LogP contribution in [0.15, 0.2) is 30.3 Å². The Labute approximate surface area is 123 Å². The molecule has 1 aromatic rings. The van der Waals surface area contributed by atoms with Gasteiger partial charge in [-0.15, -0.1) is 12.3 Å². The van der Waals surface area contributed by atoms with Crippen LogP contribution in [0.4, 0.5) is 0 Å². The first kappa shape index (κ1) is 16.3. The van der Waals surface area contributed by atoms with E-state index < -0.39 is 0 Å². The molecule has 0 aromatic heterocycles. The van der Waals surface area contributed by atoms with Gasteiger partial charge in [0.25, 0.3) is 0 Å². The molecule has 108 valence electrons. The van der Waals surface area contributed by atoms with Crippen molar-refractivity contribution in [1.29, 1.82) is 0 Å². The summed E-state index contributed by atoms with van der Waals surface area (Å²) >= 11 is 0. The predicted octanol–water partition coefficient (Wildman–Crippen LogP) is 3.72. The molecule has 0 bridgehead atoms. The summed E-state index contributed by atoms with van der Waals surface area (Å²) in [4.78, 5) is 14.4. The lowest BCUT2D eigenvalue weighted by atomic mass is 10.0. The van der Waals surface area contributed by atoms with Gasteiger partial charge in [0, 0.05) is 24.9 Å². The summed E-state index contributed by atoms with van der Waals surface area (Å²) < 4.78 is 0. The van der Waals surface area contributed by atoms with E-state index in [9.17, 15) is 4.79 Å². The lowest BCUT2D eigenvalue weighted by molar-refractivity contribution is -0.136. The van der Waals surface area contributed by atoms with Crippen LogP contribution in [-0.4, -0.2) is 17.4 Å². The molecule has 0 aliphatic heterocycles. The zero-order valence-corrected chi connectivity index (χ0v) is 12.8. The number of hydrogen-bond acceptors (Lipinski definition) is 1. The van der Waals surface area contributed by atoms with Gasteiger partial charge in [-0.3, -0.25) is 4.79 Å². The first-order valence-corrected chi connectivity index (χ1v) is 7.41. The van der Waals surface area contributed by atoms with Gasteiger partial charge in [-0.05, 0) is 18.4 Å². The van der Waals surface area contributed by atoms with Gasteiger partial charge >= 0.3 is 0 Å². The Kier molecular flexibility index (Phi) is 6.87. The van der Waals surface area contributed by atoms with Crippen molar-refractivity contribution in [3.05, 3.63) is 35.9 Å². The van der Waals surface area contributed by atoms with E-state index in [0.29, 0.717) is 13.1 Å². The van der Waals surface area contributed by atoms with Crippen molar-refractivity contribution in [3.8, 4) is 12.3 Å². The van der Waals surface area contributed by atoms with Gasteiger partial charge < -0.3 is 4.90 Å². The Bertz CT molecular complexity index is 446. The van der Waals surface area contributed by atoms with Gasteiger partial charge in [0.05, 0.1) is 0 Å². The van der Waals surface area contributed by atoms with Crippen molar-refractivity contribution in [2.75, 3.05) is 6.54 Å². The molecule has 0 spiro atoms. The van der Waals surface area contributed by atoms with Crippen molar-refractivity contribution in [2.45, 2.75) is 40.2 Å². The van der Waals surface area contributed by atoms with Crippen LogP contribution >= 0.6 is 0 Å². The molecule has 0 saturated carbocycles. The number of terminal acetylenes is 1. The number of hydrogen-bond donors (Lipinski definition) is 0. The average Bonchev–Trinajstić information content (AvgIpc) is 2.50. The monoisotopic (exact) mass is 271 g/mol. The molecule has 0 heterocycles. The highest BCUT2D eigenvalue weighted by atomic mass is 16.2. The van der Waals surface area contributed by atoms with Crippen LogP contribution in [0.5, 0.6) is 0 Å². The molecule has 0 radical (unpaired) electrons. The third-order valence-corrected chi connectivity index (χ3v) is 3.73. The molecular formula is C18H25NO. The zero-order chi connectivity index (χ0) is 15.0. The highest BCUT2D eigenvalue weighted by Crippen LogP contribution is 2.14. The number of carbonyl (C=O) groups excluding carboxylic acids is 1. The minimum absolute atomic E-state index is 0.0500. The smallest absolute Gasteiger partial charge is 0.225 e. The molecule has 1 rings (SSSR count). The van der Waals surface area contributed by atoms with Crippen LogP contribution in [0.25, 0.3) is 0 Å². The minimum Gasteiger partial charge on any atom is -0.337 e. The molecule has 0 saturated heterocycles. The molecular weight excluding hydrogens is 246 g/mol. The summed E-state index contributed by atoms with van der Waals surface area (Å²) in [5.74, 6) is 3.17. The van der Waals surface area contributed by atoms with E-state index in [-0.39, 0.29) is 17.7 Å². The fourth-order valence-corrected chi connectivity index (χ4v) is 2.09. The third-order valence-electron chi connectivity index (χ3n) is 3.73. The number of rotatable bonds is 7. The van der Waals surface area contributed by atoms with E-state index in [1.54, 1.807) is 0 Å². The van der Waals surface area contributed by atoms with Crippen LogP contribution in [0.3, 0.4) is 0 Å².